The molecule has 19 heavy (non-hydrogen) atoms. The predicted octanol–water partition coefficient (Wildman–Crippen LogP) is 2.95. The molecule has 1 aliphatic carbocycles. The van der Waals surface area contributed by atoms with E-state index in [1.165, 1.54) is 26.1 Å². The van der Waals surface area contributed by atoms with Gasteiger partial charge in [0.15, 0.2) is 5.65 Å². The fraction of sp³-hybridized carbons (Fsp3) is 0.462. The Balaban J connectivity index is 2.10. The highest BCUT2D eigenvalue weighted by atomic mass is 79.9. The number of pyridine rings is 1. The number of ether oxygens (including phenoxy) is 1. The maximum absolute atomic E-state index is 11.6. The molecule has 0 bridgehead atoms. The normalized spacial score (nSPS) is 16.6. The van der Waals surface area contributed by atoms with Crippen molar-refractivity contribution < 1.29 is 9.53 Å². The van der Waals surface area contributed by atoms with Gasteiger partial charge in [-0.05, 0) is 41.6 Å². The molecule has 0 amide bonds. The van der Waals surface area contributed by atoms with Gasteiger partial charge in [-0.15, -0.1) is 0 Å². The first kappa shape index (κ1) is 12.6. The Morgan fingerprint density at radius 3 is 2.89 bits per heavy atom. The van der Waals surface area contributed by atoms with Crippen molar-refractivity contribution in [2.24, 2.45) is 5.92 Å². The summed E-state index contributed by atoms with van der Waals surface area (Å²) in [6, 6.07) is 0.348. The lowest BCUT2D eigenvalue weighted by Gasteiger charge is -2.11. The van der Waals surface area contributed by atoms with Gasteiger partial charge in [-0.3, -0.25) is 0 Å². The van der Waals surface area contributed by atoms with Gasteiger partial charge < -0.3 is 4.74 Å². The number of fused-ring (bicyclic) bond motifs is 1. The third-order valence-electron chi connectivity index (χ3n) is 3.65. The van der Waals surface area contributed by atoms with E-state index in [4.69, 9.17) is 4.74 Å². The fourth-order valence-corrected chi connectivity index (χ4v) is 2.84. The van der Waals surface area contributed by atoms with Gasteiger partial charge in [0.2, 0.25) is 0 Å². The lowest BCUT2D eigenvalue weighted by molar-refractivity contribution is 0.0599. The lowest BCUT2D eigenvalue weighted by Crippen LogP contribution is -2.10. The molecule has 1 unspecified atom stereocenters. The summed E-state index contributed by atoms with van der Waals surface area (Å²) >= 11 is 3.44. The Hall–Kier alpha value is -1.43. The average molecular weight is 324 g/mol. The third-order valence-corrected chi connectivity index (χ3v) is 4.51. The number of esters is 1. The highest BCUT2D eigenvalue weighted by Crippen LogP contribution is 2.40. The second-order valence-electron chi connectivity index (χ2n) is 4.88. The molecule has 100 valence electrons. The highest BCUT2D eigenvalue weighted by Gasteiger charge is 2.31. The molecule has 2 aromatic rings. The van der Waals surface area contributed by atoms with Crippen molar-refractivity contribution in [3.8, 4) is 0 Å². The number of halogens is 1. The van der Waals surface area contributed by atoms with Crippen molar-refractivity contribution in [3.63, 3.8) is 0 Å². The molecule has 2 aromatic heterocycles. The highest BCUT2D eigenvalue weighted by molar-refractivity contribution is 9.10. The molecule has 5 nitrogen and oxygen atoms in total. The van der Waals surface area contributed by atoms with Crippen LogP contribution in [-0.4, -0.2) is 27.8 Å². The first-order valence-corrected chi connectivity index (χ1v) is 7.02. The Labute approximate surface area is 119 Å². The number of hydrogen-bond donors (Lipinski definition) is 0. The zero-order valence-corrected chi connectivity index (χ0v) is 12.3. The molecule has 2 heterocycles. The Morgan fingerprint density at radius 1 is 1.53 bits per heavy atom. The van der Waals surface area contributed by atoms with Crippen molar-refractivity contribution in [2.45, 2.75) is 25.8 Å². The maximum Gasteiger partial charge on any atom is 0.340 e. The van der Waals surface area contributed by atoms with Crippen LogP contribution in [0.5, 0.6) is 0 Å². The summed E-state index contributed by atoms with van der Waals surface area (Å²) < 4.78 is 7.37. The molecule has 1 atom stereocenters. The van der Waals surface area contributed by atoms with Crippen LogP contribution in [0, 0.1) is 5.92 Å². The fourth-order valence-electron chi connectivity index (χ4n) is 2.30. The molecule has 0 N–H and O–H groups in total. The summed E-state index contributed by atoms with van der Waals surface area (Å²) in [6.07, 6.45) is 5.79. The van der Waals surface area contributed by atoms with Gasteiger partial charge in [0.1, 0.15) is 0 Å². The smallest absolute Gasteiger partial charge is 0.340 e. The molecule has 0 saturated heterocycles. The van der Waals surface area contributed by atoms with Crippen molar-refractivity contribution in [1.29, 1.82) is 0 Å². The topological polar surface area (TPSA) is 57.0 Å². The monoisotopic (exact) mass is 323 g/mol. The van der Waals surface area contributed by atoms with Crippen molar-refractivity contribution >= 4 is 32.9 Å². The summed E-state index contributed by atoms with van der Waals surface area (Å²) in [6.45, 7) is 2.16. The van der Waals surface area contributed by atoms with Gasteiger partial charge in [0.05, 0.1) is 30.3 Å². The van der Waals surface area contributed by atoms with E-state index in [2.05, 4.69) is 32.9 Å². The molecule has 0 radical (unpaired) electrons. The van der Waals surface area contributed by atoms with Crippen molar-refractivity contribution in [3.05, 3.63) is 22.4 Å². The van der Waals surface area contributed by atoms with Crippen molar-refractivity contribution in [1.82, 2.24) is 14.8 Å². The lowest BCUT2D eigenvalue weighted by atomic mass is 10.2. The van der Waals surface area contributed by atoms with Gasteiger partial charge in [-0.2, -0.15) is 5.10 Å². The van der Waals surface area contributed by atoms with Gasteiger partial charge in [-0.25, -0.2) is 14.5 Å². The summed E-state index contributed by atoms with van der Waals surface area (Å²) in [5.74, 6) is 0.299. The minimum Gasteiger partial charge on any atom is -0.465 e. The van der Waals surface area contributed by atoms with Crippen LogP contribution < -0.4 is 0 Å². The summed E-state index contributed by atoms with van der Waals surface area (Å²) in [4.78, 5) is 16.0. The van der Waals surface area contributed by atoms with E-state index >= 15 is 0 Å². The number of hydrogen-bond acceptors (Lipinski definition) is 4. The van der Waals surface area contributed by atoms with Crippen LogP contribution in [0.3, 0.4) is 0 Å². The van der Waals surface area contributed by atoms with E-state index in [0.29, 0.717) is 22.0 Å². The Morgan fingerprint density at radius 2 is 2.26 bits per heavy atom. The SMILES string of the molecule is COC(=O)c1cnc2c(cnn2C(C)C2CC2)c1Br. The number of nitrogens with zero attached hydrogens (tertiary/aromatic N) is 3. The van der Waals surface area contributed by atoms with E-state index in [1.807, 2.05) is 4.68 Å². The molecule has 6 heteroatoms. The van der Waals surface area contributed by atoms with Gasteiger partial charge >= 0.3 is 5.97 Å². The van der Waals surface area contributed by atoms with E-state index in [-0.39, 0.29) is 0 Å². The zero-order chi connectivity index (χ0) is 13.6. The largest absolute Gasteiger partial charge is 0.465 e. The molecule has 0 aliphatic heterocycles. The van der Waals surface area contributed by atoms with E-state index in [1.54, 1.807) is 6.20 Å². The predicted molar refractivity (Wildman–Crippen MR) is 74.0 cm³/mol. The number of methoxy groups -OCH3 is 1. The number of rotatable bonds is 3. The maximum atomic E-state index is 11.6. The second-order valence-corrected chi connectivity index (χ2v) is 5.67. The Bertz CT molecular complexity index is 649. The van der Waals surface area contributed by atoms with E-state index < -0.39 is 5.97 Å². The molecule has 1 aliphatic rings. The van der Waals surface area contributed by atoms with Crippen LogP contribution in [-0.2, 0) is 4.74 Å². The van der Waals surface area contributed by atoms with Crippen LogP contribution in [0.2, 0.25) is 0 Å². The van der Waals surface area contributed by atoms with E-state index in [0.717, 1.165) is 11.0 Å². The molecule has 0 spiro atoms. The van der Waals surface area contributed by atoms with Gasteiger partial charge in [-0.1, -0.05) is 0 Å². The summed E-state index contributed by atoms with van der Waals surface area (Å²) in [5.41, 5.74) is 1.23. The second kappa shape index (κ2) is 4.59. The first-order valence-electron chi connectivity index (χ1n) is 6.23. The Kier molecular flexibility index (Phi) is 3.05. The van der Waals surface area contributed by atoms with Gasteiger partial charge in [0.25, 0.3) is 0 Å². The molecular weight excluding hydrogens is 310 g/mol. The molecule has 3 rings (SSSR count). The molecule has 1 saturated carbocycles. The van der Waals surface area contributed by atoms with Crippen LogP contribution >= 0.6 is 15.9 Å². The molecular formula is C13H14BrN3O2. The first-order chi connectivity index (χ1) is 9.13. The number of carbonyl (C=O) groups excluding carboxylic acids is 1. The minimum atomic E-state index is -0.399. The minimum absolute atomic E-state index is 0.348. The number of carbonyl (C=O) groups is 1. The van der Waals surface area contributed by atoms with Crippen LogP contribution in [0.25, 0.3) is 11.0 Å². The third kappa shape index (κ3) is 2.04. The van der Waals surface area contributed by atoms with Crippen LogP contribution in [0.4, 0.5) is 0 Å². The standard InChI is InChI=1S/C13H14BrN3O2/c1-7(8-3-4-8)17-12-9(6-16-17)11(14)10(5-15-12)13(18)19-2/h5-8H,3-4H2,1-2H3. The van der Waals surface area contributed by atoms with Crippen LogP contribution in [0.1, 0.15) is 36.2 Å². The van der Waals surface area contributed by atoms with Crippen LogP contribution in [0.15, 0.2) is 16.9 Å². The summed E-state index contributed by atoms with van der Waals surface area (Å²) in [7, 11) is 1.36. The van der Waals surface area contributed by atoms with Crippen molar-refractivity contribution in [2.75, 3.05) is 7.11 Å². The van der Waals surface area contributed by atoms with Gasteiger partial charge in [0, 0.05) is 10.7 Å². The molecule has 1 fully saturated rings. The summed E-state index contributed by atoms with van der Waals surface area (Å²) in [5, 5.41) is 5.26. The zero-order valence-electron chi connectivity index (χ0n) is 10.8. The van der Waals surface area contributed by atoms with E-state index in [9.17, 15) is 4.79 Å². The average Bonchev–Trinajstić information content (AvgIpc) is 3.17. The quantitative estimate of drug-likeness (QED) is 0.815. The number of aromatic nitrogens is 3. The molecule has 0 aromatic carbocycles.